The summed E-state index contributed by atoms with van der Waals surface area (Å²) >= 11 is 0. The molecule has 1 unspecified atom stereocenters. The maximum Gasteiger partial charge on any atom is 0.273 e. The van der Waals surface area contributed by atoms with Crippen molar-refractivity contribution < 1.29 is 9.72 Å². The van der Waals surface area contributed by atoms with Gasteiger partial charge in [0.1, 0.15) is 0 Å². The second-order valence-corrected chi connectivity index (χ2v) is 5.85. The normalized spacial score (nSPS) is 17.3. The van der Waals surface area contributed by atoms with E-state index in [1.807, 2.05) is 18.2 Å². The van der Waals surface area contributed by atoms with E-state index in [1.54, 1.807) is 24.0 Å². The van der Waals surface area contributed by atoms with Crippen LogP contribution in [0.1, 0.15) is 33.8 Å². The van der Waals surface area contributed by atoms with E-state index in [2.05, 4.69) is 12.1 Å². The van der Waals surface area contributed by atoms with Crippen LogP contribution in [0.15, 0.2) is 48.5 Å². The molecule has 1 fully saturated rings. The number of hydrogen-bond donors (Lipinski definition) is 0. The number of nitrogens with zero attached hydrogens (tertiary/aromatic N) is 2. The first kappa shape index (κ1) is 15.2. The minimum absolute atomic E-state index is 0.00495. The van der Waals surface area contributed by atoms with Crippen molar-refractivity contribution in [3.8, 4) is 0 Å². The van der Waals surface area contributed by atoms with Gasteiger partial charge in [-0.1, -0.05) is 36.4 Å². The molecule has 2 aromatic carbocycles. The van der Waals surface area contributed by atoms with Gasteiger partial charge in [-0.15, -0.1) is 0 Å². The van der Waals surface area contributed by atoms with Gasteiger partial charge in [0.15, 0.2) is 0 Å². The molecule has 0 N–H and O–H groups in total. The molecule has 0 aromatic heterocycles. The number of rotatable bonds is 3. The zero-order valence-electron chi connectivity index (χ0n) is 12.9. The first-order valence-electron chi connectivity index (χ1n) is 7.66. The van der Waals surface area contributed by atoms with Crippen LogP contribution in [0.2, 0.25) is 0 Å². The van der Waals surface area contributed by atoms with Crippen LogP contribution in [-0.2, 0) is 0 Å². The highest BCUT2D eigenvalue weighted by atomic mass is 16.6. The summed E-state index contributed by atoms with van der Waals surface area (Å²) in [5.41, 5.74) is 2.09. The Labute approximate surface area is 134 Å². The van der Waals surface area contributed by atoms with Crippen LogP contribution in [0.25, 0.3) is 0 Å². The Balaban J connectivity index is 1.80. The van der Waals surface area contributed by atoms with Crippen LogP contribution in [0.4, 0.5) is 5.69 Å². The standard InChI is InChI=1S/C18H18N2O3/c1-13-16(8-5-9-17(13)20(22)23)18(21)19-11-10-15(12-19)14-6-3-2-4-7-14/h2-9,15H,10-12H2,1H3. The molecule has 1 atom stereocenters. The summed E-state index contributed by atoms with van der Waals surface area (Å²) in [5.74, 6) is 0.212. The maximum atomic E-state index is 12.7. The molecule has 1 aliphatic rings. The summed E-state index contributed by atoms with van der Waals surface area (Å²) < 4.78 is 0. The maximum absolute atomic E-state index is 12.7. The molecule has 5 nitrogen and oxygen atoms in total. The Kier molecular flexibility index (Phi) is 4.10. The lowest BCUT2D eigenvalue weighted by atomic mass is 9.99. The van der Waals surface area contributed by atoms with Gasteiger partial charge in [-0.05, 0) is 25.0 Å². The van der Waals surface area contributed by atoms with E-state index < -0.39 is 4.92 Å². The van der Waals surface area contributed by atoms with E-state index in [0.29, 0.717) is 30.1 Å². The predicted molar refractivity (Wildman–Crippen MR) is 87.5 cm³/mol. The van der Waals surface area contributed by atoms with Crippen molar-refractivity contribution >= 4 is 11.6 Å². The Morgan fingerprint density at radius 3 is 2.61 bits per heavy atom. The minimum atomic E-state index is -0.442. The molecule has 3 rings (SSSR count). The summed E-state index contributed by atoms with van der Waals surface area (Å²) in [6.45, 7) is 2.97. The zero-order valence-corrected chi connectivity index (χ0v) is 12.9. The van der Waals surface area contributed by atoms with Crippen molar-refractivity contribution in [3.63, 3.8) is 0 Å². The fourth-order valence-corrected chi connectivity index (χ4v) is 3.17. The average Bonchev–Trinajstić information content (AvgIpc) is 3.05. The van der Waals surface area contributed by atoms with Gasteiger partial charge >= 0.3 is 0 Å². The van der Waals surface area contributed by atoms with Crippen LogP contribution in [0.3, 0.4) is 0 Å². The van der Waals surface area contributed by atoms with Gasteiger partial charge in [-0.3, -0.25) is 14.9 Å². The van der Waals surface area contributed by atoms with Crippen molar-refractivity contribution in [2.75, 3.05) is 13.1 Å². The molecule has 1 amide bonds. The predicted octanol–water partition coefficient (Wildman–Crippen LogP) is 3.53. The summed E-state index contributed by atoms with van der Waals surface area (Å²) in [4.78, 5) is 25.1. The van der Waals surface area contributed by atoms with Gasteiger partial charge in [0.2, 0.25) is 0 Å². The van der Waals surface area contributed by atoms with Gasteiger partial charge in [-0.25, -0.2) is 0 Å². The molecular weight excluding hydrogens is 292 g/mol. The number of nitro benzene ring substituents is 1. The summed E-state index contributed by atoms with van der Waals surface area (Å²) in [7, 11) is 0. The van der Waals surface area contributed by atoms with E-state index >= 15 is 0 Å². The first-order chi connectivity index (χ1) is 11.1. The number of carbonyl (C=O) groups is 1. The highest BCUT2D eigenvalue weighted by Gasteiger charge is 2.29. The summed E-state index contributed by atoms with van der Waals surface area (Å²) in [6, 6.07) is 14.8. The second kappa shape index (κ2) is 6.20. The largest absolute Gasteiger partial charge is 0.338 e. The first-order valence-corrected chi connectivity index (χ1v) is 7.66. The molecule has 5 heteroatoms. The Hall–Kier alpha value is -2.69. The van der Waals surface area contributed by atoms with E-state index in [9.17, 15) is 14.9 Å². The van der Waals surface area contributed by atoms with E-state index in [-0.39, 0.29) is 11.6 Å². The third kappa shape index (κ3) is 2.95. The lowest BCUT2D eigenvalue weighted by Crippen LogP contribution is -2.29. The second-order valence-electron chi connectivity index (χ2n) is 5.85. The highest BCUT2D eigenvalue weighted by molar-refractivity contribution is 5.96. The monoisotopic (exact) mass is 310 g/mol. The molecule has 23 heavy (non-hydrogen) atoms. The minimum Gasteiger partial charge on any atom is -0.338 e. The molecule has 1 saturated heterocycles. The number of carbonyl (C=O) groups excluding carboxylic acids is 1. The van der Waals surface area contributed by atoms with Crippen molar-refractivity contribution in [2.24, 2.45) is 0 Å². The topological polar surface area (TPSA) is 63.5 Å². The Bertz CT molecular complexity index is 743. The SMILES string of the molecule is Cc1c(C(=O)N2CCC(c3ccccc3)C2)cccc1[N+](=O)[O-]. The number of amides is 1. The smallest absolute Gasteiger partial charge is 0.273 e. The molecule has 0 radical (unpaired) electrons. The fourth-order valence-electron chi connectivity index (χ4n) is 3.17. The summed E-state index contributed by atoms with van der Waals surface area (Å²) in [5, 5.41) is 11.0. The van der Waals surface area contributed by atoms with Gasteiger partial charge in [0.25, 0.3) is 11.6 Å². The van der Waals surface area contributed by atoms with Crippen molar-refractivity contribution in [2.45, 2.75) is 19.3 Å². The zero-order chi connectivity index (χ0) is 16.4. The van der Waals surface area contributed by atoms with Gasteiger partial charge in [-0.2, -0.15) is 0 Å². The fraction of sp³-hybridized carbons (Fsp3) is 0.278. The molecule has 2 aromatic rings. The molecule has 0 aliphatic carbocycles. The molecule has 0 saturated carbocycles. The van der Waals surface area contributed by atoms with E-state index in [1.165, 1.54) is 11.6 Å². The molecule has 118 valence electrons. The van der Waals surface area contributed by atoms with Crippen LogP contribution >= 0.6 is 0 Å². The van der Waals surface area contributed by atoms with Crippen LogP contribution < -0.4 is 0 Å². The quantitative estimate of drug-likeness (QED) is 0.643. The molecule has 1 aliphatic heterocycles. The Morgan fingerprint density at radius 1 is 1.17 bits per heavy atom. The molecule has 1 heterocycles. The highest BCUT2D eigenvalue weighted by Crippen LogP contribution is 2.29. The van der Waals surface area contributed by atoms with E-state index in [4.69, 9.17) is 0 Å². The lowest BCUT2D eigenvalue weighted by Gasteiger charge is -2.18. The van der Waals surface area contributed by atoms with Gasteiger partial charge in [0.05, 0.1) is 4.92 Å². The van der Waals surface area contributed by atoms with Crippen molar-refractivity contribution in [1.29, 1.82) is 0 Å². The van der Waals surface area contributed by atoms with Crippen molar-refractivity contribution in [1.82, 2.24) is 4.90 Å². The summed E-state index contributed by atoms with van der Waals surface area (Å²) in [6.07, 6.45) is 0.920. The van der Waals surface area contributed by atoms with Crippen LogP contribution in [-0.4, -0.2) is 28.8 Å². The number of benzene rings is 2. The van der Waals surface area contributed by atoms with Gasteiger partial charge < -0.3 is 4.90 Å². The van der Waals surface area contributed by atoms with E-state index in [0.717, 1.165) is 6.42 Å². The Morgan fingerprint density at radius 2 is 1.91 bits per heavy atom. The van der Waals surface area contributed by atoms with Crippen molar-refractivity contribution in [3.05, 3.63) is 75.3 Å². The lowest BCUT2D eigenvalue weighted by molar-refractivity contribution is -0.385. The molecule has 0 bridgehead atoms. The molecular formula is C18H18N2O3. The van der Waals surface area contributed by atoms with Crippen LogP contribution in [0.5, 0.6) is 0 Å². The number of hydrogen-bond acceptors (Lipinski definition) is 3. The third-order valence-electron chi connectivity index (χ3n) is 4.48. The average molecular weight is 310 g/mol. The third-order valence-corrected chi connectivity index (χ3v) is 4.48. The molecule has 0 spiro atoms. The number of likely N-dealkylation sites (tertiary alicyclic amines) is 1. The number of nitro groups is 1. The van der Waals surface area contributed by atoms with Gasteiger partial charge in [0, 0.05) is 36.2 Å². The van der Waals surface area contributed by atoms with Crippen LogP contribution in [0, 0.1) is 17.0 Å².